The molecule has 0 aliphatic heterocycles. The van der Waals surface area contributed by atoms with Gasteiger partial charge < -0.3 is 10.5 Å². The van der Waals surface area contributed by atoms with Gasteiger partial charge >= 0.3 is 0 Å². The molecular formula is C18H17ClFN3O. The Labute approximate surface area is 144 Å². The highest BCUT2D eigenvalue weighted by molar-refractivity contribution is 6.16. The van der Waals surface area contributed by atoms with Crippen LogP contribution >= 0.6 is 11.6 Å². The highest BCUT2D eigenvalue weighted by atomic mass is 35.5. The first-order valence-corrected chi connectivity index (χ1v) is 8.16. The van der Waals surface area contributed by atoms with Crippen molar-refractivity contribution in [3.05, 3.63) is 65.4 Å². The van der Waals surface area contributed by atoms with Crippen molar-refractivity contribution in [1.82, 2.24) is 9.97 Å². The van der Waals surface area contributed by atoms with E-state index in [1.807, 2.05) is 31.2 Å². The largest absolute Gasteiger partial charge is 0.494 e. The molecule has 0 aliphatic rings. The number of alkyl halides is 1. The number of nitrogens with two attached hydrogens (primary N) is 1. The van der Waals surface area contributed by atoms with E-state index in [0.717, 1.165) is 10.9 Å². The highest BCUT2D eigenvalue weighted by Gasteiger charge is 2.19. The Bertz CT molecular complexity index is 872. The van der Waals surface area contributed by atoms with Crippen LogP contribution in [0.4, 0.5) is 4.39 Å². The third-order valence-corrected chi connectivity index (χ3v) is 3.95. The molecule has 24 heavy (non-hydrogen) atoms. The topological polar surface area (TPSA) is 61.0 Å². The van der Waals surface area contributed by atoms with Gasteiger partial charge in [0.25, 0.3) is 0 Å². The van der Waals surface area contributed by atoms with E-state index in [1.165, 1.54) is 6.07 Å². The molecule has 0 radical (unpaired) electrons. The molecule has 4 nitrogen and oxygen atoms in total. The van der Waals surface area contributed by atoms with Crippen LogP contribution in [0.2, 0.25) is 0 Å². The maximum absolute atomic E-state index is 14.5. The number of hydrogen-bond acceptors (Lipinski definition) is 4. The van der Waals surface area contributed by atoms with E-state index in [0.29, 0.717) is 29.4 Å². The summed E-state index contributed by atoms with van der Waals surface area (Å²) >= 11 is 5.88. The average Bonchev–Trinajstić information content (AvgIpc) is 2.60. The van der Waals surface area contributed by atoms with Crippen molar-refractivity contribution in [2.45, 2.75) is 18.8 Å². The lowest BCUT2D eigenvalue weighted by atomic mass is 10.00. The van der Waals surface area contributed by atoms with Crippen LogP contribution < -0.4 is 10.5 Å². The summed E-state index contributed by atoms with van der Waals surface area (Å²) in [5.41, 5.74) is 7.96. The van der Waals surface area contributed by atoms with Gasteiger partial charge in [-0.3, -0.25) is 0 Å². The number of nitrogens with zero attached hydrogens (tertiary/aromatic N) is 2. The molecule has 0 saturated carbocycles. The molecular weight excluding hydrogens is 329 g/mol. The fourth-order valence-corrected chi connectivity index (χ4v) is 2.73. The lowest BCUT2D eigenvalue weighted by Crippen LogP contribution is -2.17. The Kier molecular flexibility index (Phi) is 4.92. The molecule has 0 amide bonds. The summed E-state index contributed by atoms with van der Waals surface area (Å²) in [5, 5.41) is 0.784. The van der Waals surface area contributed by atoms with Crippen molar-refractivity contribution < 1.29 is 9.13 Å². The van der Waals surface area contributed by atoms with E-state index in [-0.39, 0.29) is 5.88 Å². The van der Waals surface area contributed by atoms with E-state index in [1.54, 1.807) is 12.1 Å². The number of ether oxygens (including phenoxy) is 1. The average molecular weight is 346 g/mol. The van der Waals surface area contributed by atoms with Gasteiger partial charge in [-0.1, -0.05) is 24.3 Å². The van der Waals surface area contributed by atoms with Crippen molar-refractivity contribution >= 4 is 22.5 Å². The Hall–Kier alpha value is -2.24. The van der Waals surface area contributed by atoms with Crippen LogP contribution in [0.25, 0.3) is 10.9 Å². The Balaban J connectivity index is 2.10. The molecule has 0 fully saturated rings. The van der Waals surface area contributed by atoms with Gasteiger partial charge in [0.05, 0.1) is 29.7 Å². The molecule has 1 unspecified atom stereocenters. The molecule has 0 bridgehead atoms. The van der Waals surface area contributed by atoms with E-state index in [2.05, 4.69) is 9.97 Å². The normalized spacial score (nSPS) is 12.3. The molecule has 1 heterocycles. The van der Waals surface area contributed by atoms with E-state index < -0.39 is 11.9 Å². The fourth-order valence-electron chi connectivity index (χ4n) is 2.61. The summed E-state index contributed by atoms with van der Waals surface area (Å²) in [6.45, 7) is 2.32. The van der Waals surface area contributed by atoms with Gasteiger partial charge in [0, 0.05) is 17.0 Å². The number of hydrogen-bond donors (Lipinski definition) is 1. The summed E-state index contributed by atoms with van der Waals surface area (Å²) < 4.78 is 19.8. The van der Waals surface area contributed by atoms with Crippen molar-refractivity contribution in [1.29, 1.82) is 0 Å². The van der Waals surface area contributed by atoms with Crippen molar-refractivity contribution in [2.24, 2.45) is 5.73 Å². The highest BCUT2D eigenvalue weighted by Crippen LogP contribution is 2.28. The zero-order valence-corrected chi connectivity index (χ0v) is 13.9. The first-order valence-electron chi connectivity index (χ1n) is 7.63. The van der Waals surface area contributed by atoms with E-state index >= 15 is 0 Å². The molecule has 2 N–H and O–H groups in total. The van der Waals surface area contributed by atoms with E-state index in [4.69, 9.17) is 22.1 Å². The number of rotatable bonds is 5. The predicted octanol–water partition coefficient (Wildman–Crippen LogP) is 3.95. The van der Waals surface area contributed by atoms with Crippen molar-refractivity contribution in [3.63, 3.8) is 0 Å². The smallest absolute Gasteiger partial charge is 0.144 e. The van der Waals surface area contributed by atoms with Crippen LogP contribution in [0.5, 0.6) is 5.75 Å². The molecule has 0 spiro atoms. The molecule has 124 valence electrons. The summed E-state index contributed by atoms with van der Waals surface area (Å²) in [7, 11) is 0. The second-order valence-electron chi connectivity index (χ2n) is 5.27. The van der Waals surface area contributed by atoms with Crippen LogP contribution in [0.3, 0.4) is 0 Å². The molecule has 3 aromatic rings. The van der Waals surface area contributed by atoms with Gasteiger partial charge in [-0.25, -0.2) is 14.4 Å². The van der Waals surface area contributed by atoms with Crippen molar-refractivity contribution in [2.75, 3.05) is 6.61 Å². The zero-order valence-electron chi connectivity index (χ0n) is 13.2. The van der Waals surface area contributed by atoms with Crippen LogP contribution in [0.15, 0.2) is 42.5 Å². The minimum absolute atomic E-state index is 0.163. The van der Waals surface area contributed by atoms with Gasteiger partial charge in [-0.2, -0.15) is 0 Å². The Morgan fingerprint density at radius 1 is 1.21 bits per heavy atom. The number of para-hydroxylation sites is 1. The van der Waals surface area contributed by atoms with Gasteiger partial charge in [-0.15, -0.1) is 11.6 Å². The third kappa shape index (κ3) is 3.18. The predicted molar refractivity (Wildman–Crippen MR) is 92.7 cm³/mol. The summed E-state index contributed by atoms with van der Waals surface area (Å²) in [6, 6.07) is 11.4. The molecule has 1 atom stereocenters. The zero-order chi connectivity index (χ0) is 17.1. The molecule has 0 aliphatic carbocycles. The second kappa shape index (κ2) is 7.11. The quantitative estimate of drug-likeness (QED) is 0.711. The number of fused-ring (bicyclic) bond motifs is 1. The minimum Gasteiger partial charge on any atom is -0.494 e. The molecule has 1 aromatic heterocycles. The molecule has 2 aromatic carbocycles. The maximum Gasteiger partial charge on any atom is 0.144 e. The van der Waals surface area contributed by atoms with Gasteiger partial charge in [0.1, 0.15) is 17.4 Å². The van der Waals surface area contributed by atoms with Crippen molar-refractivity contribution in [3.8, 4) is 5.75 Å². The fraction of sp³-hybridized carbons (Fsp3) is 0.222. The Morgan fingerprint density at radius 3 is 2.71 bits per heavy atom. The van der Waals surface area contributed by atoms with Gasteiger partial charge in [0.2, 0.25) is 0 Å². The number of aromatic nitrogens is 2. The maximum atomic E-state index is 14.5. The Morgan fingerprint density at radius 2 is 2.00 bits per heavy atom. The monoisotopic (exact) mass is 345 g/mol. The van der Waals surface area contributed by atoms with Crippen LogP contribution in [-0.4, -0.2) is 16.6 Å². The van der Waals surface area contributed by atoms with Crippen LogP contribution in [-0.2, 0) is 5.88 Å². The first-order chi connectivity index (χ1) is 11.6. The summed E-state index contributed by atoms with van der Waals surface area (Å²) in [4.78, 5) is 8.81. The summed E-state index contributed by atoms with van der Waals surface area (Å²) in [6.07, 6.45) is 0. The standard InChI is InChI=1S/C18H17ClFN3O/c1-2-24-11-7-8-12(14(20)9-11)17(21)18-13-5-3-4-6-15(13)22-16(10-19)23-18/h3-9,17H,2,10,21H2,1H3. The van der Waals surface area contributed by atoms with Crippen LogP contribution in [0, 0.1) is 5.82 Å². The number of halogens is 2. The molecule has 3 rings (SSSR count). The lowest BCUT2D eigenvalue weighted by Gasteiger charge is -2.16. The summed E-state index contributed by atoms with van der Waals surface area (Å²) in [5.74, 6) is 0.673. The minimum atomic E-state index is -0.726. The van der Waals surface area contributed by atoms with Gasteiger partial charge in [-0.05, 0) is 19.1 Å². The second-order valence-corrected chi connectivity index (χ2v) is 5.54. The van der Waals surface area contributed by atoms with E-state index in [9.17, 15) is 4.39 Å². The third-order valence-electron chi connectivity index (χ3n) is 3.71. The first kappa shape index (κ1) is 16.6. The number of benzene rings is 2. The lowest BCUT2D eigenvalue weighted by molar-refractivity contribution is 0.338. The SMILES string of the molecule is CCOc1ccc(C(N)c2nc(CCl)nc3ccccc23)c(F)c1. The molecule has 6 heteroatoms. The van der Waals surface area contributed by atoms with Gasteiger partial charge in [0.15, 0.2) is 0 Å². The molecule has 0 saturated heterocycles. The van der Waals surface area contributed by atoms with Crippen LogP contribution in [0.1, 0.15) is 30.0 Å².